The lowest BCUT2D eigenvalue weighted by Gasteiger charge is -2.48. The van der Waals surface area contributed by atoms with Crippen LogP contribution in [0.1, 0.15) is 54.9 Å². The van der Waals surface area contributed by atoms with Gasteiger partial charge in [0.05, 0.1) is 36.8 Å². The Morgan fingerprint density at radius 2 is 1.86 bits per heavy atom. The predicted molar refractivity (Wildman–Crippen MR) is 108 cm³/mol. The van der Waals surface area contributed by atoms with E-state index in [0.717, 1.165) is 0 Å². The number of carbonyl (C=O) groups is 1. The third kappa shape index (κ3) is 3.81. The highest BCUT2D eigenvalue weighted by molar-refractivity contribution is 6.63. The molecule has 2 saturated heterocycles. The Kier molecular flexibility index (Phi) is 4.91. The van der Waals surface area contributed by atoms with Gasteiger partial charge in [-0.25, -0.2) is 4.79 Å². The van der Waals surface area contributed by atoms with E-state index in [2.05, 4.69) is 11.2 Å². The van der Waals surface area contributed by atoms with Crippen LogP contribution in [0.5, 0.6) is 0 Å². The molecule has 29 heavy (non-hydrogen) atoms. The van der Waals surface area contributed by atoms with Gasteiger partial charge in [-0.15, -0.1) is 0 Å². The summed E-state index contributed by atoms with van der Waals surface area (Å²) in [6.07, 6.45) is 1.55. The van der Waals surface area contributed by atoms with Gasteiger partial charge in [0.15, 0.2) is 0 Å². The van der Waals surface area contributed by atoms with Crippen molar-refractivity contribution in [2.45, 2.75) is 77.2 Å². The fourth-order valence-corrected chi connectivity index (χ4v) is 3.40. The van der Waals surface area contributed by atoms with Crippen LogP contribution in [0.15, 0.2) is 6.20 Å². The van der Waals surface area contributed by atoms with Gasteiger partial charge < -0.3 is 24.7 Å². The Hall–Kier alpha value is -2.25. The van der Waals surface area contributed by atoms with E-state index >= 15 is 0 Å². The van der Waals surface area contributed by atoms with Crippen molar-refractivity contribution < 1.29 is 18.8 Å². The number of nitrogen functional groups attached to an aromatic ring is 1. The van der Waals surface area contributed by atoms with Crippen molar-refractivity contribution in [2.24, 2.45) is 0 Å². The van der Waals surface area contributed by atoms with E-state index < -0.39 is 35.6 Å². The number of nitriles is 1. The number of ether oxygens (including phenoxy) is 1. The molecular weight excluding hydrogens is 373 g/mol. The van der Waals surface area contributed by atoms with Crippen LogP contribution >= 0.6 is 0 Å². The summed E-state index contributed by atoms with van der Waals surface area (Å²) in [5.41, 5.74) is 4.56. The van der Waals surface area contributed by atoms with Gasteiger partial charge in [-0.3, -0.25) is 4.68 Å². The standard InChI is InChI=1S/C19H30BN5O4/c1-16(2,3)27-15(26)24-11-19(12-24,8-9-21)25-10-13(14(22)23-25)20-28-17(4,5)18(6,7)29-20/h10H,8,11-12H2,1-7H3,(H2,22,23). The van der Waals surface area contributed by atoms with E-state index in [9.17, 15) is 10.1 Å². The van der Waals surface area contributed by atoms with E-state index in [1.54, 1.807) is 15.8 Å². The van der Waals surface area contributed by atoms with Crippen molar-refractivity contribution in [3.05, 3.63) is 6.20 Å². The molecule has 1 aromatic rings. The molecule has 1 amide bonds. The van der Waals surface area contributed by atoms with E-state index in [4.69, 9.17) is 19.8 Å². The Labute approximate surface area is 172 Å². The maximum absolute atomic E-state index is 12.3. The molecule has 0 aromatic carbocycles. The van der Waals surface area contributed by atoms with E-state index in [1.165, 1.54) is 0 Å². The largest absolute Gasteiger partial charge is 0.500 e. The van der Waals surface area contributed by atoms with Crippen LogP contribution in [-0.2, 0) is 19.6 Å². The van der Waals surface area contributed by atoms with E-state index in [-0.39, 0.29) is 12.2 Å². The van der Waals surface area contributed by atoms with Gasteiger partial charge in [-0.05, 0) is 48.5 Å². The molecule has 2 fully saturated rings. The number of nitrogens with zero attached hydrogens (tertiary/aromatic N) is 4. The van der Waals surface area contributed by atoms with Gasteiger partial charge in [-0.1, -0.05) is 0 Å². The second kappa shape index (κ2) is 6.64. The zero-order valence-electron chi connectivity index (χ0n) is 18.3. The summed E-state index contributed by atoms with van der Waals surface area (Å²) in [5.74, 6) is 0.288. The number of nitrogens with two attached hydrogens (primary N) is 1. The summed E-state index contributed by atoms with van der Waals surface area (Å²) >= 11 is 0. The maximum Gasteiger partial charge on any atom is 0.500 e. The Morgan fingerprint density at radius 1 is 1.31 bits per heavy atom. The monoisotopic (exact) mass is 403 g/mol. The van der Waals surface area contributed by atoms with Crippen molar-refractivity contribution in [2.75, 3.05) is 18.8 Å². The number of rotatable bonds is 3. The summed E-state index contributed by atoms with van der Waals surface area (Å²) in [5, 5.41) is 13.8. The molecule has 0 spiro atoms. The second-order valence-electron chi connectivity index (χ2n) is 9.90. The van der Waals surface area contributed by atoms with Gasteiger partial charge in [0.25, 0.3) is 0 Å². The number of anilines is 1. The summed E-state index contributed by atoms with van der Waals surface area (Å²) < 4.78 is 19.2. The van der Waals surface area contributed by atoms with Gasteiger partial charge in [0.1, 0.15) is 17.0 Å². The Bertz CT molecular complexity index is 830. The molecule has 3 rings (SSSR count). The maximum atomic E-state index is 12.3. The number of hydrogen-bond donors (Lipinski definition) is 1. The number of likely N-dealkylation sites (tertiary alicyclic amines) is 1. The first kappa shape index (κ1) is 21.5. The van der Waals surface area contributed by atoms with Crippen molar-refractivity contribution in [3.63, 3.8) is 0 Å². The highest BCUT2D eigenvalue weighted by Crippen LogP contribution is 2.38. The van der Waals surface area contributed by atoms with Gasteiger partial charge in [0.2, 0.25) is 0 Å². The lowest BCUT2D eigenvalue weighted by molar-refractivity contribution is -0.0313. The van der Waals surface area contributed by atoms with Crippen molar-refractivity contribution >= 4 is 24.5 Å². The van der Waals surface area contributed by atoms with Crippen LogP contribution in [0.25, 0.3) is 0 Å². The molecule has 0 saturated carbocycles. The minimum atomic E-state index is -0.651. The first-order valence-electron chi connectivity index (χ1n) is 9.76. The zero-order chi connectivity index (χ0) is 21.8. The lowest BCUT2D eigenvalue weighted by atomic mass is 9.80. The Morgan fingerprint density at radius 3 is 2.34 bits per heavy atom. The third-order valence-corrected chi connectivity index (χ3v) is 5.80. The molecule has 158 valence electrons. The minimum absolute atomic E-state index is 0.191. The van der Waals surface area contributed by atoms with Gasteiger partial charge in [0, 0.05) is 11.7 Å². The van der Waals surface area contributed by atoms with Crippen LogP contribution in [0.4, 0.5) is 10.6 Å². The van der Waals surface area contributed by atoms with Crippen LogP contribution in [0, 0.1) is 11.3 Å². The van der Waals surface area contributed by atoms with Crippen molar-refractivity contribution in [1.82, 2.24) is 14.7 Å². The van der Waals surface area contributed by atoms with Crippen LogP contribution < -0.4 is 11.2 Å². The summed E-state index contributed by atoms with van der Waals surface area (Å²) in [4.78, 5) is 13.9. The highest BCUT2D eigenvalue weighted by Gasteiger charge is 2.54. The fraction of sp³-hybridized carbons (Fsp3) is 0.737. The number of carbonyl (C=O) groups excluding carboxylic acids is 1. The molecule has 0 unspecified atom stereocenters. The molecule has 0 aliphatic carbocycles. The molecule has 1 aromatic heterocycles. The number of amides is 1. The van der Waals surface area contributed by atoms with Crippen molar-refractivity contribution in [1.29, 1.82) is 5.26 Å². The predicted octanol–water partition coefficient (Wildman–Crippen LogP) is 1.62. The molecule has 9 nitrogen and oxygen atoms in total. The molecule has 2 aliphatic rings. The normalized spacial score (nSPS) is 22.1. The molecule has 2 aliphatic heterocycles. The average molecular weight is 403 g/mol. The molecule has 0 atom stereocenters. The first-order chi connectivity index (χ1) is 13.2. The zero-order valence-corrected chi connectivity index (χ0v) is 18.3. The lowest BCUT2D eigenvalue weighted by Crippen LogP contribution is -2.64. The number of aromatic nitrogens is 2. The third-order valence-electron chi connectivity index (χ3n) is 5.80. The summed E-state index contributed by atoms with van der Waals surface area (Å²) in [7, 11) is -0.644. The Balaban J connectivity index is 1.81. The SMILES string of the molecule is CC(C)(C)OC(=O)N1CC(CC#N)(n2cc(B3OC(C)(C)C(C)(C)O3)c(N)n2)C1. The topological polar surface area (TPSA) is 116 Å². The molecule has 10 heteroatoms. The second-order valence-corrected chi connectivity index (χ2v) is 9.90. The van der Waals surface area contributed by atoms with E-state index in [0.29, 0.717) is 18.6 Å². The van der Waals surface area contributed by atoms with E-state index in [1.807, 2.05) is 48.5 Å². The van der Waals surface area contributed by atoms with Crippen molar-refractivity contribution in [3.8, 4) is 6.07 Å². The quantitative estimate of drug-likeness (QED) is 0.763. The molecule has 0 bridgehead atoms. The van der Waals surface area contributed by atoms with Crippen LogP contribution in [0.2, 0.25) is 0 Å². The van der Waals surface area contributed by atoms with Gasteiger partial charge >= 0.3 is 13.2 Å². The number of hydrogen-bond acceptors (Lipinski definition) is 7. The van der Waals surface area contributed by atoms with Crippen LogP contribution in [-0.4, -0.2) is 57.8 Å². The average Bonchev–Trinajstić information content (AvgIpc) is 2.98. The smallest absolute Gasteiger partial charge is 0.444 e. The summed E-state index contributed by atoms with van der Waals surface area (Å²) in [6, 6.07) is 2.20. The van der Waals surface area contributed by atoms with Crippen LogP contribution in [0.3, 0.4) is 0 Å². The highest BCUT2D eigenvalue weighted by atomic mass is 16.7. The fourth-order valence-electron chi connectivity index (χ4n) is 3.40. The summed E-state index contributed by atoms with van der Waals surface area (Å²) in [6.45, 7) is 14.0. The molecule has 0 radical (unpaired) electrons. The minimum Gasteiger partial charge on any atom is -0.444 e. The first-order valence-corrected chi connectivity index (χ1v) is 9.76. The molecule has 2 N–H and O–H groups in total. The molecular formula is C19H30BN5O4. The molecule has 3 heterocycles. The van der Waals surface area contributed by atoms with Gasteiger partial charge in [-0.2, -0.15) is 10.4 Å².